The molecular weight excluding hydrogens is 316 g/mol. The molecule has 1 aromatic heterocycles. The Hall–Kier alpha value is -3.32. The quantitative estimate of drug-likeness (QED) is 0.332. The maximum Gasteiger partial charge on any atom is 0.135 e. The molecule has 0 saturated heterocycles. The topological polar surface area (TPSA) is 13.1 Å². The van der Waals surface area contributed by atoms with E-state index in [0.717, 1.165) is 11.2 Å². The van der Waals surface area contributed by atoms with E-state index < -0.39 is 0 Å². The highest BCUT2D eigenvalue weighted by atomic mass is 16.3. The highest BCUT2D eigenvalue weighted by Gasteiger charge is 2.11. The number of benzene rings is 4. The first-order valence-electron chi connectivity index (χ1n) is 8.88. The van der Waals surface area contributed by atoms with Gasteiger partial charge in [0.15, 0.2) is 0 Å². The van der Waals surface area contributed by atoms with Crippen molar-refractivity contribution in [2.75, 3.05) is 0 Å². The summed E-state index contributed by atoms with van der Waals surface area (Å²) in [7, 11) is 0. The van der Waals surface area contributed by atoms with E-state index in [1.165, 1.54) is 38.6 Å². The molecule has 4 aromatic carbocycles. The van der Waals surface area contributed by atoms with Crippen LogP contribution in [-0.4, -0.2) is 0 Å². The van der Waals surface area contributed by atoms with Crippen LogP contribution in [0.4, 0.5) is 0 Å². The molecule has 5 aromatic rings. The van der Waals surface area contributed by atoms with Crippen LogP contribution < -0.4 is 0 Å². The molecule has 0 saturated carbocycles. The van der Waals surface area contributed by atoms with E-state index >= 15 is 0 Å². The van der Waals surface area contributed by atoms with Crippen LogP contribution in [0, 0.1) is 6.92 Å². The van der Waals surface area contributed by atoms with Crippen molar-refractivity contribution in [1.82, 2.24) is 0 Å². The van der Waals surface area contributed by atoms with Gasteiger partial charge in [-0.25, -0.2) is 0 Å². The van der Waals surface area contributed by atoms with Gasteiger partial charge in [0.1, 0.15) is 11.2 Å². The normalized spacial score (nSPS) is 11.3. The predicted molar refractivity (Wildman–Crippen MR) is 109 cm³/mol. The van der Waals surface area contributed by atoms with E-state index in [4.69, 9.17) is 4.42 Å². The van der Waals surface area contributed by atoms with E-state index in [9.17, 15) is 0 Å². The van der Waals surface area contributed by atoms with Crippen molar-refractivity contribution >= 4 is 21.9 Å². The van der Waals surface area contributed by atoms with Gasteiger partial charge in [0.05, 0.1) is 0 Å². The van der Waals surface area contributed by atoms with Crippen molar-refractivity contribution < 1.29 is 4.42 Å². The molecule has 0 aliphatic carbocycles. The van der Waals surface area contributed by atoms with E-state index in [-0.39, 0.29) is 0 Å². The second-order valence-corrected chi connectivity index (χ2v) is 6.65. The zero-order chi connectivity index (χ0) is 17.5. The molecule has 0 unspecified atom stereocenters. The Kier molecular flexibility index (Phi) is 3.39. The second-order valence-electron chi connectivity index (χ2n) is 6.65. The molecule has 26 heavy (non-hydrogen) atoms. The van der Waals surface area contributed by atoms with Gasteiger partial charge in [-0.05, 0) is 52.9 Å². The minimum atomic E-state index is 0.937. The SMILES string of the molecule is Cc1c(-c2ccccc2)cccc1-c1ccc2oc3ccccc3c2c1. The average molecular weight is 334 g/mol. The molecule has 0 N–H and O–H groups in total. The molecule has 124 valence electrons. The number of rotatable bonds is 2. The van der Waals surface area contributed by atoms with Gasteiger partial charge in [0.25, 0.3) is 0 Å². The summed E-state index contributed by atoms with van der Waals surface area (Å²) in [5, 5.41) is 2.34. The van der Waals surface area contributed by atoms with Gasteiger partial charge in [-0.1, -0.05) is 72.8 Å². The zero-order valence-electron chi connectivity index (χ0n) is 14.6. The molecule has 0 radical (unpaired) electrons. The Balaban J connectivity index is 1.72. The van der Waals surface area contributed by atoms with Crippen molar-refractivity contribution in [3.05, 3.63) is 96.6 Å². The van der Waals surface area contributed by atoms with Crippen LogP contribution in [0.15, 0.2) is 95.4 Å². The number of furan rings is 1. The van der Waals surface area contributed by atoms with Crippen LogP contribution in [0.1, 0.15) is 5.56 Å². The number of hydrogen-bond acceptors (Lipinski definition) is 1. The number of para-hydroxylation sites is 1. The third-order valence-electron chi connectivity index (χ3n) is 5.11. The van der Waals surface area contributed by atoms with E-state index in [2.05, 4.69) is 85.8 Å². The lowest BCUT2D eigenvalue weighted by atomic mass is 9.92. The molecule has 0 fully saturated rings. The Bertz CT molecular complexity index is 1230. The largest absolute Gasteiger partial charge is 0.456 e. The lowest BCUT2D eigenvalue weighted by Crippen LogP contribution is -1.88. The van der Waals surface area contributed by atoms with E-state index in [1.807, 2.05) is 12.1 Å². The van der Waals surface area contributed by atoms with Crippen LogP contribution in [0.5, 0.6) is 0 Å². The van der Waals surface area contributed by atoms with Crippen LogP contribution in [0.25, 0.3) is 44.2 Å². The van der Waals surface area contributed by atoms with Crippen LogP contribution in [0.2, 0.25) is 0 Å². The summed E-state index contributed by atoms with van der Waals surface area (Å²) in [6.07, 6.45) is 0. The number of hydrogen-bond donors (Lipinski definition) is 0. The van der Waals surface area contributed by atoms with Crippen molar-refractivity contribution in [3.63, 3.8) is 0 Å². The van der Waals surface area contributed by atoms with Gasteiger partial charge in [0.2, 0.25) is 0 Å². The van der Waals surface area contributed by atoms with E-state index in [0.29, 0.717) is 0 Å². The molecule has 0 aliphatic heterocycles. The third-order valence-corrected chi connectivity index (χ3v) is 5.11. The molecule has 0 spiro atoms. The molecule has 1 heterocycles. The fourth-order valence-electron chi connectivity index (χ4n) is 3.77. The standard InChI is InChI=1S/C25H18O/c1-17-20(18-8-3-2-4-9-18)11-7-12-21(17)19-14-15-25-23(16-19)22-10-5-6-13-24(22)26-25/h2-16H,1H3. The number of fused-ring (bicyclic) bond motifs is 3. The maximum atomic E-state index is 5.97. The van der Waals surface area contributed by atoms with Gasteiger partial charge in [-0.2, -0.15) is 0 Å². The Morgan fingerprint density at radius 2 is 1.23 bits per heavy atom. The highest BCUT2D eigenvalue weighted by Crippen LogP contribution is 2.35. The summed E-state index contributed by atoms with van der Waals surface area (Å²) in [4.78, 5) is 0. The molecule has 5 rings (SSSR count). The first-order chi connectivity index (χ1) is 12.8. The molecule has 0 aliphatic rings. The molecule has 1 heteroatoms. The fraction of sp³-hybridized carbons (Fsp3) is 0.0400. The van der Waals surface area contributed by atoms with Crippen molar-refractivity contribution in [2.24, 2.45) is 0 Å². The molecule has 0 bridgehead atoms. The summed E-state index contributed by atoms with van der Waals surface area (Å²) < 4.78 is 5.97. The van der Waals surface area contributed by atoms with Crippen molar-refractivity contribution in [1.29, 1.82) is 0 Å². The smallest absolute Gasteiger partial charge is 0.135 e. The van der Waals surface area contributed by atoms with Crippen molar-refractivity contribution in [2.45, 2.75) is 6.92 Å². The maximum absolute atomic E-state index is 5.97. The van der Waals surface area contributed by atoms with Gasteiger partial charge in [-0.15, -0.1) is 0 Å². The van der Waals surface area contributed by atoms with Gasteiger partial charge < -0.3 is 4.42 Å². The Morgan fingerprint density at radius 3 is 2.08 bits per heavy atom. The zero-order valence-corrected chi connectivity index (χ0v) is 14.6. The van der Waals surface area contributed by atoms with Crippen LogP contribution in [-0.2, 0) is 0 Å². The summed E-state index contributed by atoms with van der Waals surface area (Å²) >= 11 is 0. The van der Waals surface area contributed by atoms with Gasteiger partial charge >= 0.3 is 0 Å². The summed E-state index contributed by atoms with van der Waals surface area (Å²) in [6, 6.07) is 31.8. The Morgan fingerprint density at radius 1 is 0.538 bits per heavy atom. The average Bonchev–Trinajstić information content (AvgIpc) is 3.07. The highest BCUT2D eigenvalue weighted by molar-refractivity contribution is 6.06. The monoisotopic (exact) mass is 334 g/mol. The predicted octanol–water partition coefficient (Wildman–Crippen LogP) is 7.23. The molecule has 1 nitrogen and oxygen atoms in total. The summed E-state index contributed by atoms with van der Waals surface area (Å²) in [5.74, 6) is 0. The molecular formula is C25H18O. The molecule has 0 amide bonds. The fourth-order valence-corrected chi connectivity index (χ4v) is 3.77. The van der Waals surface area contributed by atoms with Gasteiger partial charge in [-0.3, -0.25) is 0 Å². The van der Waals surface area contributed by atoms with E-state index in [1.54, 1.807) is 0 Å². The minimum Gasteiger partial charge on any atom is -0.456 e. The third kappa shape index (κ3) is 2.33. The first kappa shape index (κ1) is 15.0. The minimum absolute atomic E-state index is 0.937. The Labute approximate surface area is 152 Å². The molecule has 0 atom stereocenters. The van der Waals surface area contributed by atoms with Crippen LogP contribution >= 0.6 is 0 Å². The van der Waals surface area contributed by atoms with Gasteiger partial charge in [0, 0.05) is 10.8 Å². The summed E-state index contributed by atoms with van der Waals surface area (Å²) in [6.45, 7) is 2.20. The first-order valence-corrected chi connectivity index (χ1v) is 8.88. The lowest BCUT2D eigenvalue weighted by Gasteiger charge is -2.12. The second kappa shape index (κ2) is 5.89. The van der Waals surface area contributed by atoms with Crippen LogP contribution in [0.3, 0.4) is 0 Å². The van der Waals surface area contributed by atoms with Crippen molar-refractivity contribution in [3.8, 4) is 22.3 Å². The summed E-state index contributed by atoms with van der Waals surface area (Å²) in [5.41, 5.74) is 8.19. The lowest BCUT2D eigenvalue weighted by molar-refractivity contribution is 0.669.